The Balaban J connectivity index is 2.22. The predicted octanol–water partition coefficient (Wildman–Crippen LogP) is -2.35. The van der Waals surface area contributed by atoms with E-state index in [0.29, 0.717) is 5.56 Å². The van der Waals surface area contributed by atoms with Gasteiger partial charge in [-0.25, -0.2) is 4.79 Å². The van der Waals surface area contributed by atoms with Crippen molar-refractivity contribution in [3.05, 3.63) is 36.0 Å². The second-order valence-corrected chi connectivity index (χ2v) is 8.92. The number of carboxylic acids is 1. The van der Waals surface area contributed by atoms with Gasteiger partial charge in [-0.1, -0.05) is 18.2 Å². The number of amides is 5. The molecule has 206 valence electrons. The molecule has 0 aliphatic carbocycles. The molecule has 0 radical (unpaired) electrons. The Morgan fingerprint density at radius 1 is 0.895 bits per heavy atom. The van der Waals surface area contributed by atoms with Gasteiger partial charge in [-0.05, 0) is 18.1 Å². The molecule has 0 saturated carbocycles. The van der Waals surface area contributed by atoms with Crippen LogP contribution in [0.3, 0.4) is 0 Å². The lowest BCUT2D eigenvalue weighted by Crippen LogP contribution is -2.58. The highest BCUT2D eigenvalue weighted by Gasteiger charge is 2.30. The number of carboxylic acid groups (broad SMARTS) is 1. The molecule has 0 aliphatic heterocycles. The van der Waals surface area contributed by atoms with E-state index in [-0.39, 0.29) is 25.0 Å². The Morgan fingerprint density at radius 3 is 2.11 bits per heavy atom. The molecule has 0 aliphatic rings. The summed E-state index contributed by atoms with van der Waals surface area (Å²) < 4.78 is 0. The number of aliphatic carboxylic acids is 1. The number of nitrogens with one attached hydrogen (secondary N) is 4. The predicted molar refractivity (Wildman–Crippen MR) is 139 cm³/mol. The lowest BCUT2D eigenvalue weighted by molar-refractivity contribution is -0.142. The number of thiol groups is 1. The number of primary amides is 2. The van der Waals surface area contributed by atoms with Gasteiger partial charge in [0, 0.05) is 35.7 Å². The zero-order valence-electron chi connectivity index (χ0n) is 20.3. The molecule has 1 aromatic heterocycles. The van der Waals surface area contributed by atoms with Crippen LogP contribution < -0.4 is 33.2 Å². The third kappa shape index (κ3) is 8.77. The van der Waals surface area contributed by atoms with Crippen LogP contribution in [0.4, 0.5) is 0 Å². The summed E-state index contributed by atoms with van der Waals surface area (Å²) in [6, 6.07) is 2.00. The fourth-order valence-corrected chi connectivity index (χ4v) is 3.86. The number of carbonyl (C=O) groups is 6. The van der Waals surface area contributed by atoms with Crippen molar-refractivity contribution in [3.8, 4) is 0 Å². The van der Waals surface area contributed by atoms with E-state index in [1.165, 1.54) is 0 Å². The van der Waals surface area contributed by atoms with Crippen molar-refractivity contribution in [3.63, 3.8) is 0 Å². The standard InChI is InChI=1S/C23H31N7O7S/c24-13(8-19(26)32)20(33)29-16(7-11-9-27-14-4-2-1-3-12(11)14)21(34)30-17(10-38)22(35)28-15(23(36)37)5-6-18(25)31/h1-4,9,13,15-17,27,38H,5-8,10,24H2,(H2,25,31)(H2,26,32)(H,28,35)(H,29,33)(H,30,34)(H,36,37). The lowest BCUT2D eigenvalue weighted by Gasteiger charge is -2.24. The summed E-state index contributed by atoms with van der Waals surface area (Å²) in [6.07, 6.45) is 0.679. The molecular formula is C23H31N7O7S. The molecule has 4 atom stereocenters. The van der Waals surface area contributed by atoms with Crippen molar-refractivity contribution in [2.24, 2.45) is 17.2 Å². The van der Waals surface area contributed by atoms with Crippen LogP contribution in [0.25, 0.3) is 10.9 Å². The molecule has 1 aromatic carbocycles. The molecule has 0 bridgehead atoms. The minimum Gasteiger partial charge on any atom is -0.480 e. The second-order valence-electron chi connectivity index (χ2n) is 8.55. The number of benzene rings is 1. The molecule has 15 heteroatoms. The smallest absolute Gasteiger partial charge is 0.326 e. The van der Waals surface area contributed by atoms with Crippen molar-refractivity contribution in [1.29, 1.82) is 0 Å². The minimum absolute atomic E-state index is 0.0118. The summed E-state index contributed by atoms with van der Waals surface area (Å²) in [4.78, 5) is 75.3. The normalized spacial score (nSPS) is 14.1. The molecule has 11 N–H and O–H groups in total. The van der Waals surface area contributed by atoms with Crippen LogP contribution in [-0.2, 0) is 35.2 Å². The minimum atomic E-state index is -1.43. The first-order valence-electron chi connectivity index (χ1n) is 11.5. The number of nitrogens with two attached hydrogens (primary N) is 3. The molecule has 14 nitrogen and oxygen atoms in total. The van der Waals surface area contributed by atoms with Crippen LogP contribution in [0.1, 0.15) is 24.8 Å². The molecule has 2 rings (SSSR count). The first kappa shape index (κ1) is 30.1. The van der Waals surface area contributed by atoms with Crippen LogP contribution in [0, 0.1) is 0 Å². The van der Waals surface area contributed by atoms with Crippen LogP contribution in [-0.4, -0.2) is 75.5 Å². The summed E-state index contributed by atoms with van der Waals surface area (Å²) in [5.41, 5.74) is 17.3. The molecule has 0 saturated heterocycles. The van der Waals surface area contributed by atoms with Crippen LogP contribution >= 0.6 is 12.6 Å². The van der Waals surface area contributed by atoms with Crippen molar-refractivity contribution >= 4 is 59.0 Å². The Bertz CT molecular complexity index is 1200. The van der Waals surface area contributed by atoms with Gasteiger partial charge >= 0.3 is 5.97 Å². The van der Waals surface area contributed by atoms with E-state index in [9.17, 15) is 33.9 Å². The molecule has 5 amide bonds. The number of carbonyl (C=O) groups excluding carboxylic acids is 5. The highest BCUT2D eigenvalue weighted by Crippen LogP contribution is 2.19. The summed E-state index contributed by atoms with van der Waals surface area (Å²) in [6.45, 7) is 0. The van der Waals surface area contributed by atoms with Gasteiger partial charge in [0.15, 0.2) is 0 Å². The fraction of sp³-hybridized carbons (Fsp3) is 0.391. The van der Waals surface area contributed by atoms with Gasteiger partial charge in [-0.2, -0.15) is 12.6 Å². The maximum atomic E-state index is 13.2. The van der Waals surface area contributed by atoms with Gasteiger partial charge in [0.25, 0.3) is 0 Å². The number of aromatic amines is 1. The van der Waals surface area contributed by atoms with E-state index in [1.807, 2.05) is 18.2 Å². The summed E-state index contributed by atoms with van der Waals surface area (Å²) >= 11 is 4.07. The van der Waals surface area contributed by atoms with Crippen molar-refractivity contribution < 1.29 is 33.9 Å². The Morgan fingerprint density at radius 2 is 1.50 bits per heavy atom. The number of fused-ring (bicyclic) bond motifs is 1. The zero-order valence-corrected chi connectivity index (χ0v) is 21.2. The Kier molecular flexibility index (Phi) is 11.1. The maximum Gasteiger partial charge on any atom is 0.326 e. The van der Waals surface area contributed by atoms with E-state index < -0.39 is 66.1 Å². The third-order valence-electron chi connectivity index (χ3n) is 5.60. The van der Waals surface area contributed by atoms with E-state index in [1.54, 1.807) is 12.3 Å². The lowest BCUT2D eigenvalue weighted by atomic mass is 10.0. The van der Waals surface area contributed by atoms with Crippen molar-refractivity contribution in [2.45, 2.75) is 49.9 Å². The average molecular weight is 550 g/mol. The van der Waals surface area contributed by atoms with Crippen LogP contribution in [0.15, 0.2) is 30.5 Å². The largest absolute Gasteiger partial charge is 0.480 e. The summed E-state index contributed by atoms with van der Waals surface area (Å²) in [7, 11) is 0. The Hall–Kier alpha value is -4.11. The monoisotopic (exact) mass is 549 g/mol. The van der Waals surface area contributed by atoms with Crippen LogP contribution in [0.5, 0.6) is 0 Å². The molecule has 0 spiro atoms. The van der Waals surface area contributed by atoms with Gasteiger partial charge in [-0.15, -0.1) is 0 Å². The average Bonchev–Trinajstić information content (AvgIpc) is 3.26. The molecule has 38 heavy (non-hydrogen) atoms. The number of hydrogen-bond donors (Lipinski definition) is 9. The Labute approximate surface area is 222 Å². The first-order chi connectivity index (χ1) is 17.9. The zero-order chi connectivity index (χ0) is 28.4. The van der Waals surface area contributed by atoms with Gasteiger partial charge in [0.1, 0.15) is 18.1 Å². The number of para-hydroxylation sites is 1. The quantitative estimate of drug-likeness (QED) is 0.108. The molecule has 4 unspecified atom stereocenters. The van der Waals surface area contributed by atoms with Crippen molar-refractivity contribution in [2.75, 3.05) is 5.75 Å². The number of hydrogen-bond acceptors (Lipinski definition) is 8. The van der Waals surface area contributed by atoms with Crippen LogP contribution in [0.2, 0.25) is 0 Å². The second kappa shape index (κ2) is 14.0. The molecule has 2 aromatic rings. The SMILES string of the molecule is NC(=O)CCC(NC(=O)C(CS)NC(=O)C(Cc1c[nH]c2ccccc12)NC(=O)C(N)CC(N)=O)C(=O)O. The fourth-order valence-electron chi connectivity index (χ4n) is 3.60. The summed E-state index contributed by atoms with van der Waals surface area (Å²) in [5, 5.41) is 17.3. The van der Waals surface area contributed by atoms with E-state index in [4.69, 9.17) is 17.2 Å². The highest BCUT2D eigenvalue weighted by atomic mass is 32.1. The van der Waals surface area contributed by atoms with Gasteiger partial charge in [-0.3, -0.25) is 24.0 Å². The maximum absolute atomic E-state index is 13.2. The first-order valence-corrected chi connectivity index (χ1v) is 12.2. The number of H-pyrrole nitrogens is 1. The van der Waals surface area contributed by atoms with Gasteiger partial charge in [0.2, 0.25) is 29.5 Å². The number of rotatable bonds is 15. The number of aromatic nitrogens is 1. The third-order valence-corrected chi connectivity index (χ3v) is 5.96. The van der Waals surface area contributed by atoms with E-state index in [0.717, 1.165) is 10.9 Å². The van der Waals surface area contributed by atoms with Gasteiger partial charge < -0.3 is 43.2 Å². The molecule has 0 fully saturated rings. The van der Waals surface area contributed by atoms with Gasteiger partial charge in [0.05, 0.1) is 12.5 Å². The van der Waals surface area contributed by atoms with E-state index in [2.05, 4.69) is 33.6 Å². The molecule has 1 heterocycles. The van der Waals surface area contributed by atoms with E-state index >= 15 is 0 Å². The molecular weight excluding hydrogens is 518 g/mol. The topological polar surface area (TPSA) is 253 Å². The van der Waals surface area contributed by atoms with Crippen molar-refractivity contribution in [1.82, 2.24) is 20.9 Å². The summed E-state index contributed by atoms with van der Waals surface area (Å²) in [5.74, 6) is -5.61. The highest BCUT2D eigenvalue weighted by molar-refractivity contribution is 7.80.